The van der Waals surface area contributed by atoms with Crippen molar-refractivity contribution in [2.24, 2.45) is 10.3 Å². The van der Waals surface area contributed by atoms with Gasteiger partial charge in [-0.3, -0.25) is 0 Å². The Morgan fingerprint density at radius 1 is 2.00 bits per heavy atom. The second-order valence-corrected chi connectivity index (χ2v) is 2.19. The van der Waals surface area contributed by atoms with Gasteiger partial charge in [0.1, 0.15) is 0 Å². The van der Waals surface area contributed by atoms with Gasteiger partial charge in [-0.25, -0.2) is 4.40 Å². The van der Waals surface area contributed by atoms with Gasteiger partial charge in [-0.05, 0) is 11.9 Å². The lowest BCUT2D eigenvalue weighted by Crippen LogP contribution is -1.89. The Balaban J connectivity index is 2.38. The maximum absolute atomic E-state index is 3.83. The first-order valence-electron chi connectivity index (χ1n) is 1.97. The van der Waals surface area contributed by atoms with Crippen molar-refractivity contribution in [1.29, 1.82) is 0 Å². The van der Waals surface area contributed by atoms with E-state index in [2.05, 4.69) is 17.5 Å². The van der Waals surface area contributed by atoms with Crippen LogP contribution in [0, 0.1) is 5.92 Å². The molecule has 0 aromatic rings. The van der Waals surface area contributed by atoms with Crippen LogP contribution in [0.4, 0.5) is 0 Å². The molecule has 1 unspecified atom stereocenters. The third-order valence-corrected chi connectivity index (χ3v) is 1.55. The Labute approximate surface area is 42.0 Å². The molecule has 1 aliphatic rings. The molecule has 0 aromatic heterocycles. The molecule has 33 valence electrons. The third kappa shape index (κ3) is 0.744. The van der Waals surface area contributed by atoms with Crippen molar-refractivity contribution in [2.75, 3.05) is 5.75 Å². The fourth-order valence-electron chi connectivity index (χ4n) is 0.314. The molecule has 2 heteroatoms. The summed E-state index contributed by atoms with van der Waals surface area (Å²) in [4.78, 5) is 0. The van der Waals surface area contributed by atoms with Crippen LogP contribution in [0.15, 0.2) is 4.40 Å². The lowest BCUT2D eigenvalue weighted by Gasteiger charge is -1.84. The summed E-state index contributed by atoms with van der Waals surface area (Å²) in [7, 11) is 0. The maximum atomic E-state index is 3.83. The molecule has 0 fully saturated rings. The number of nitrogens with zero attached hydrogens (tertiary/aromatic N) is 1. The highest BCUT2D eigenvalue weighted by atomic mass is 32.2. The normalized spacial score (nSPS) is 31.8. The Morgan fingerprint density at radius 2 is 2.83 bits per heavy atom. The smallest absolute Gasteiger partial charge is 0.0748 e. The van der Waals surface area contributed by atoms with Gasteiger partial charge in [0.25, 0.3) is 0 Å². The molecule has 0 bridgehead atoms. The topological polar surface area (TPSA) is 12.4 Å². The van der Waals surface area contributed by atoms with Gasteiger partial charge in [0.15, 0.2) is 0 Å². The van der Waals surface area contributed by atoms with E-state index in [4.69, 9.17) is 0 Å². The van der Waals surface area contributed by atoms with E-state index in [0.29, 0.717) is 5.92 Å². The highest BCUT2D eigenvalue weighted by Gasteiger charge is 2.02. The monoisotopic (exact) mass is 100 g/mol. The molecule has 1 nitrogen and oxygen atoms in total. The van der Waals surface area contributed by atoms with Gasteiger partial charge in [0.05, 0.1) is 6.21 Å². The largest absolute Gasteiger partial charge is 0.219 e. The minimum Gasteiger partial charge on any atom is -0.219 e. The minimum atomic E-state index is 0.593. The van der Waals surface area contributed by atoms with Gasteiger partial charge in [0, 0.05) is 11.7 Å². The van der Waals surface area contributed by atoms with Crippen molar-refractivity contribution >= 4 is 18.2 Å². The molecule has 1 radical (unpaired) electrons. The van der Waals surface area contributed by atoms with Crippen molar-refractivity contribution in [2.45, 2.75) is 6.92 Å². The van der Waals surface area contributed by atoms with Crippen LogP contribution in [0.25, 0.3) is 0 Å². The second kappa shape index (κ2) is 1.65. The van der Waals surface area contributed by atoms with Crippen LogP contribution in [0.3, 0.4) is 0 Å². The number of hydrogen-bond donors (Lipinski definition) is 0. The third-order valence-electron chi connectivity index (χ3n) is 0.662. The lowest BCUT2D eigenvalue weighted by atomic mass is 10.3. The highest BCUT2D eigenvalue weighted by Crippen LogP contribution is 2.14. The molecule has 0 aromatic carbocycles. The van der Waals surface area contributed by atoms with E-state index in [1.165, 1.54) is 0 Å². The molecule has 0 aliphatic carbocycles. The molecule has 0 saturated carbocycles. The summed E-state index contributed by atoms with van der Waals surface area (Å²) >= 11 is 1.60. The number of rotatable bonds is 0. The van der Waals surface area contributed by atoms with E-state index in [-0.39, 0.29) is 0 Å². The standard InChI is InChI=1S/C4H6NS/c1-4-2-5-6-3-4/h4H,3H2,1H3. The molecule has 0 amide bonds. The zero-order valence-corrected chi connectivity index (χ0v) is 4.46. The van der Waals surface area contributed by atoms with E-state index in [1.807, 2.05) is 0 Å². The van der Waals surface area contributed by atoms with Crippen molar-refractivity contribution in [3.63, 3.8) is 0 Å². The zero-order chi connectivity index (χ0) is 4.41. The first-order chi connectivity index (χ1) is 2.89. The van der Waals surface area contributed by atoms with E-state index in [9.17, 15) is 0 Å². The predicted octanol–water partition coefficient (Wildman–Crippen LogP) is 1.23. The van der Waals surface area contributed by atoms with Crippen molar-refractivity contribution in [3.05, 3.63) is 0 Å². The van der Waals surface area contributed by atoms with Gasteiger partial charge in [-0.2, -0.15) is 0 Å². The predicted molar refractivity (Wildman–Crippen MR) is 29.1 cm³/mol. The van der Waals surface area contributed by atoms with Crippen LogP contribution < -0.4 is 0 Å². The average molecular weight is 100 g/mol. The van der Waals surface area contributed by atoms with Crippen LogP contribution in [-0.2, 0) is 0 Å². The fraction of sp³-hybridized carbons (Fsp3) is 0.750. The minimum absolute atomic E-state index is 0.593. The first-order valence-corrected chi connectivity index (χ1v) is 2.91. The zero-order valence-electron chi connectivity index (χ0n) is 3.64. The summed E-state index contributed by atoms with van der Waals surface area (Å²) in [6, 6.07) is 0. The molecule has 0 saturated heterocycles. The highest BCUT2D eigenvalue weighted by molar-refractivity contribution is 7.98. The second-order valence-electron chi connectivity index (χ2n) is 1.42. The molecule has 0 spiro atoms. The SMILES string of the molecule is CC1[C]=NSC1. The van der Waals surface area contributed by atoms with Crippen LogP contribution in [0.5, 0.6) is 0 Å². The lowest BCUT2D eigenvalue weighted by molar-refractivity contribution is 0.941. The Hall–Kier alpha value is 0.0200. The van der Waals surface area contributed by atoms with Gasteiger partial charge in [0.2, 0.25) is 0 Å². The summed E-state index contributed by atoms with van der Waals surface area (Å²) in [5.41, 5.74) is 0. The van der Waals surface area contributed by atoms with Gasteiger partial charge >= 0.3 is 0 Å². The van der Waals surface area contributed by atoms with E-state index < -0.39 is 0 Å². The van der Waals surface area contributed by atoms with Gasteiger partial charge < -0.3 is 0 Å². The summed E-state index contributed by atoms with van der Waals surface area (Å²) in [6.45, 7) is 2.11. The molecule has 0 N–H and O–H groups in total. The quantitative estimate of drug-likeness (QED) is 0.417. The van der Waals surface area contributed by atoms with E-state index in [1.54, 1.807) is 11.9 Å². The Morgan fingerprint density at radius 3 is 3.00 bits per heavy atom. The summed E-state index contributed by atoms with van der Waals surface area (Å²) in [5.74, 6) is 1.72. The van der Waals surface area contributed by atoms with Crippen LogP contribution >= 0.6 is 11.9 Å². The van der Waals surface area contributed by atoms with E-state index in [0.717, 1.165) is 5.75 Å². The summed E-state index contributed by atoms with van der Waals surface area (Å²) in [6.07, 6.45) is 2.91. The first kappa shape index (κ1) is 4.19. The Kier molecular flexibility index (Phi) is 1.15. The molecular weight excluding hydrogens is 94.1 g/mol. The average Bonchev–Trinajstić information content (AvgIpc) is 1.86. The Bertz CT molecular complexity index is 69.9. The number of hydrogen-bond acceptors (Lipinski definition) is 2. The molecule has 1 rings (SSSR count). The molecule has 6 heavy (non-hydrogen) atoms. The molecular formula is C4H6NS. The van der Waals surface area contributed by atoms with E-state index >= 15 is 0 Å². The summed E-state index contributed by atoms with van der Waals surface area (Å²) in [5, 5.41) is 0. The molecule has 1 atom stereocenters. The van der Waals surface area contributed by atoms with Gasteiger partial charge in [-0.15, -0.1) is 0 Å². The summed E-state index contributed by atoms with van der Waals surface area (Å²) < 4.78 is 3.83. The van der Waals surface area contributed by atoms with Crippen LogP contribution in [-0.4, -0.2) is 12.0 Å². The molecule has 1 heterocycles. The van der Waals surface area contributed by atoms with Crippen LogP contribution in [0.2, 0.25) is 0 Å². The van der Waals surface area contributed by atoms with Crippen molar-refractivity contribution < 1.29 is 0 Å². The van der Waals surface area contributed by atoms with Crippen molar-refractivity contribution in [1.82, 2.24) is 0 Å². The fourth-order valence-corrected chi connectivity index (χ4v) is 0.941. The maximum Gasteiger partial charge on any atom is 0.0748 e. The van der Waals surface area contributed by atoms with Crippen molar-refractivity contribution in [3.8, 4) is 0 Å². The molecule has 1 aliphatic heterocycles. The van der Waals surface area contributed by atoms with Crippen LogP contribution in [0.1, 0.15) is 6.92 Å². The van der Waals surface area contributed by atoms with Gasteiger partial charge in [-0.1, -0.05) is 6.92 Å².